The summed E-state index contributed by atoms with van der Waals surface area (Å²) in [5.41, 5.74) is 1.78. The molecule has 15 heavy (non-hydrogen) atoms. The third kappa shape index (κ3) is 4.73. The lowest BCUT2D eigenvalue weighted by atomic mass is 9.80. The van der Waals surface area contributed by atoms with Gasteiger partial charge in [-0.15, -0.1) is 0 Å². The molecule has 0 unspecified atom stereocenters. The summed E-state index contributed by atoms with van der Waals surface area (Å²) in [4.78, 5) is 0. The van der Waals surface area contributed by atoms with E-state index in [1.54, 1.807) is 12.1 Å². The second-order valence-electron chi connectivity index (χ2n) is 4.02. The van der Waals surface area contributed by atoms with Crippen LogP contribution in [0.25, 0.3) is 0 Å². The molecule has 0 radical (unpaired) electrons. The van der Waals surface area contributed by atoms with Gasteiger partial charge in [0.15, 0.2) is 0 Å². The molecule has 1 rings (SSSR count). The van der Waals surface area contributed by atoms with Crippen LogP contribution in [0.1, 0.15) is 19.4 Å². The van der Waals surface area contributed by atoms with Gasteiger partial charge in [-0.2, -0.15) is 11.8 Å². The second-order valence-corrected chi connectivity index (χ2v) is 5.05. The van der Waals surface area contributed by atoms with Crippen molar-refractivity contribution in [3.63, 3.8) is 0 Å². The van der Waals surface area contributed by atoms with Crippen LogP contribution in [0.2, 0.25) is 0 Å². The number of rotatable bonds is 5. The fourth-order valence-corrected chi connectivity index (χ4v) is 2.22. The zero-order valence-corrected chi connectivity index (χ0v) is 10.00. The maximum atomic E-state index is 8.91. The summed E-state index contributed by atoms with van der Waals surface area (Å²) in [7, 11) is -1.36. The molecule has 0 fully saturated rings. The van der Waals surface area contributed by atoms with Gasteiger partial charge in [0, 0.05) is 5.75 Å². The molecule has 0 saturated heterocycles. The molecule has 0 amide bonds. The Hall–Kier alpha value is -0.445. The molecular weight excluding hydrogens is 207 g/mol. The summed E-state index contributed by atoms with van der Waals surface area (Å²) in [5.74, 6) is 2.86. The maximum Gasteiger partial charge on any atom is 0.488 e. The van der Waals surface area contributed by atoms with Crippen LogP contribution >= 0.6 is 11.8 Å². The molecular formula is C11H17BO2S. The van der Waals surface area contributed by atoms with Crippen molar-refractivity contribution in [1.29, 1.82) is 0 Å². The van der Waals surface area contributed by atoms with Crippen molar-refractivity contribution < 1.29 is 10.0 Å². The second kappa shape index (κ2) is 6.21. The Kier molecular flexibility index (Phi) is 5.22. The molecule has 1 aromatic rings. The van der Waals surface area contributed by atoms with Crippen LogP contribution in [-0.2, 0) is 5.75 Å². The molecule has 0 saturated carbocycles. The minimum Gasteiger partial charge on any atom is -0.423 e. The zero-order valence-electron chi connectivity index (χ0n) is 9.18. The fourth-order valence-electron chi connectivity index (χ4n) is 1.20. The van der Waals surface area contributed by atoms with Gasteiger partial charge in [-0.05, 0) is 22.7 Å². The van der Waals surface area contributed by atoms with Crippen molar-refractivity contribution >= 4 is 24.3 Å². The molecule has 0 atom stereocenters. The molecule has 4 heteroatoms. The average Bonchev–Trinajstić information content (AvgIpc) is 2.18. The fraction of sp³-hybridized carbons (Fsp3) is 0.455. The summed E-state index contributed by atoms with van der Waals surface area (Å²) in [6.07, 6.45) is 0. The number of benzene rings is 1. The van der Waals surface area contributed by atoms with Gasteiger partial charge in [-0.3, -0.25) is 0 Å². The zero-order chi connectivity index (χ0) is 11.3. The van der Waals surface area contributed by atoms with Crippen molar-refractivity contribution in [3.05, 3.63) is 29.8 Å². The predicted molar refractivity (Wildman–Crippen MR) is 67.3 cm³/mol. The summed E-state index contributed by atoms with van der Waals surface area (Å²) < 4.78 is 0. The van der Waals surface area contributed by atoms with E-state index in [-0.39, 0.29) is 0 Å². The third-order valence-corrected chi connectivity index (χ3v) is 3.44. The molecule has 0 aliphatic carbocycles. The summed E-state index contributed by atoms with van der Waals surface area (Å²) in [6.45, 7) is 4.41. The monoisotopic (exact) mass is 224 g/mol. The number of hydrogen-bond acceptors (Lipinski definition) is 3. The van der Waals surface area contributed by atoms with E-state index in [0.717, 1.165) is 11.5 Å². The van der Waals surface area contributed by atoms with Gasteiger partial charge in [-0.1, -0.05) is 38.1 Å². The van der Waals surface area contributed by atoms with Crippen molar-refractivity contribution in [2.75, 3.05) is 5.75 Å². The van der Waals surface area contributed by atoms with Gasteiger partial charge in [-0.25, -0.2) is 0 Å². The minimum absolute atomic E-state index is 0.549. The number of hydrogen-bond donors (Lipinski definition) is 2. The molecule has 0 aliphatic rings. The van der Waals surface area contributed by atoms with Crippen LogP contribution in [0, 0.1) is 5.92 Å². The molecule has 0 spiro atoms. The van der Waals surface area contributed by atoms with Crippen molar-refractivity contribution in [2.24, 2.45) is 5.92 Å². The molecule has 0 aliphatic heterocycles. The van der Waals surface area contributed by atoms with E-state index in [0.29, 0.717) is 11.4 Å². The minimum atomic E-state index is -1.36. The quantitative estimate of drug-likeness (QED) is 0.739. The maximum absolute atomic E-state index is 8.91. The smallest absolute Gasteiger partial charge is 0.423 e. The lowest BCUT2D eigenvalue weighted by molar-refractivity contribution is 0.426. The van der Waals surface area contributed by atoms with E-state index < -0.39 is 7.12 Å². The molecule has 2 N–H and O–H groups in total. The van der Waals surface area contributed by atoms with Crippen molar-refractivity contribution in [3.8, 4) is 0 Å². The highest BCUT2D eigenvalue weighted by atomic mass is 32.2. The first-order valence-corrected chi connectivity index (χ1v) is 6.27. The van der Waals surface area contributed by atoms with Crippen LogP contribution in [0.4, 0.5) is 0 Å². The van der Waals surface area contributed by atoms with E-state index in [2.05, 4.69) is 13.8 Å². The van der Waals surface area contributed by atoms with Crippen LogP contribution in [0.3, 0.4) is 0 Å². The van der Waals surface area contributed by atoms with Crippen LogP contribution in [0.15, 0.2) is 24.3 Å². The third-order valence-electron chi connectivity index (χ3n) is 2.00. The van der Waals surface area contributed by atoms with E-state index in [1.807, 2.05) is 23.9 Å². The predicted octanol–water partition coefficient (Wildman–Crippen LogP) is 1.26. The summed E-state index contributed by atoms with van der Waals surface area (Å²) in [5, 5.41) is 17.8. The van der Waals surface area contributed by atoms with Gasteiger partial charge >= 0.3 is 7.12 Å². The lowest BCUT2D eigenvalue weighted by Crippen LogP contribution is -2.29. The Morgan fingerprint density at radius 3 is 2.27 bits per heavy atom. The molecule has 0 heterocycles. The summed E-state index contributed by atoms with van der Waals surface area (Å²) in [6, 6.07) is 7.41. The first kappa shape index (κ1) is 12.6. The lowest BCUT2D eigenvalue weighted by Gasteiger charge is -2.05. The van der Waals surface area contributed by atoms with Crippen LogP contribution in [0.5, 0.6) is 0 Å². The van der Waals surface area contributed by atoms with Gasteiger partial charge in [0.05, 0.1) is 0 Å². The normalized spacial score (nSPS) is 10.7. The molecule has 2 nitrogen and oxygen atoms in total. The topological polar surface area (TPSA) is 40.5 Å². The molecule has 82 valence electrons. The highest BCUT2D eigenvalue weighted by Gasteiger charge is 2.09. The summed E-state index contributed by atoms with van der Waals surface area (Å²) >= 11 is 1.90. The first-order valence-electron chi connectivity index (χ1n) is 5.12. The average molecular weight is 224 g/mol. The first-order chi connectivity index (χ1) is 7.09. The van der Waals surface area contributed by atoms with Gasteiger partial charge < -0.3 is 10.0 Å². The molecule has 0 bridgehead atoms. The van der Waals surface area contributed by atoms with Gasteiger partial charge in [0.25, 0.3) is 0 Å². The Bertz CT molecular complexity index is 285. The van der Waals surface area contributed by atoms with Crippen LogP contribution < -0.4 is 5.46 Å². The Labute approximate surface area is 95.9 Å². The van der Waals surface area contributed by atoms with E-state index >= 15 is 0 Å². The van der Waals surface area contributed by atoms with Crippen molar-refractivity contribution in [1.82, 2.24) is 0 Å². The SMILES string of the molecule is CC(C)CSCc1ccc(B(O)O)cc1. The number of thioether (sulfide) groups is 1. The van der Waals surface area contributed by atoms with Gasteiger partial charge in [0.1, 0.15) is 0 Å². The largest absolute Gasteiger partial charge is 0.488 e. The van der Waals surface area contributed by atoms with E-state index in [4.69, 9.17) is 10.0 Å². The van der Waals surface area contributed by atoms with Crippen LogP contribution in [-0.4, -0.2) is 22.9 Å². The van der Waals surface area contributed by atoms with E-state index in [1.165, 1.54) is 5.56 Å². The Morgan fingerprint density at radius 1 is 1.20 bits per heavy atom. The molecule has 1 aromatic carbocycles. The standard InChI is InChI=1S/C11H17BO2S/c1-9(2)7-15-8-10-3-5-11(6-4-10)12(13)14/h3-6,9,13-14H,7-8H2,1-2H3. The van der Waals surface area contributed by atoms with Gasteiger partial charge in [0.2, 0.25) is 0 Å². The Morgan fingerprint density at radius 2 is 1.80 bits per heavy atom. The van der Waals surface area contributed by atoms with E-state index in [9.17, 15) is 0 Å². The Balaban J connectivity index is 2.43. The molecule has 0 aromatic heterocycles. The highest BCUT2D eigenvalue weighted by molar-refractivity contribution is 7.98. The highest BCUT2D eigenvalue weighted by Crippen LogP contribution is 2.14. The van der Waals surface area contributed by atoms with Crippen molar-refractivity contribution in [2.45, 2.75) is 19.6 Å².